The summed E-state index contributed by atoms with van der Waals surface area (Å²) in [4.78, 5) is 50.5. The Balaban J connectivity index is 1.95. The molecule has 1 aliphatic rings. The summed E-state index contributed by atoms with van der Waals surface area (Å²) in [5, 5.41) is 24.7. The van der Waals surface area contributed by atoms with Gasteiger partial charge in [-0.25, -0.2) is 19.2 Å². The average Bonchev–Trinajstić information content (AvgIpc) is 3.15. The highest BCUT2D eigenvalue weighted by Crippen LogP contribution is 2.43. The minimum absolute atomic E-state index is 0.0698. The van der Waals surface area contributed by atoms with Gasteiger partial charge in [-0.15, -0.1) is 0 Å². The molecular weight excluding hydrogens is 1190 g/mol. The molecule has 0 spiro atoms. The summed E-state index contributed by atoms with van der Waals surface area (Å²) in [6, 6.07) is 28.1. The number of rotatable bonds is 28. The molecule has 8 bridgehead atoms. The maximum atomic E-state index is 12.6. The number of hydrogen-bond donors (Lipinski definition) is 8. The minimum atomic E-state index is -0.618. The van der Waals surface area contributed by atoms with E-state index in [0.717, 1.165) is 169 Å². The minimum Gasteiger partial charge on any atom is -0.450 e. The molecule has 4 amide bonds. The third-order valence-corrected chi connectivity index (χ3v) is 16.5. The molecule has 4 aromatic rings. The second-order valence-corrected chi connectivity index (χ2v) is 24.0. The number of fused-ring (bicyclic) bond motifs is 8. The number of unbranched alkanes of at least 4 members (excludes halogenated alkanes) is 8. The van der Waals surface area contributed by atoms with Gasteiger partial charge in [-0.05, 0) is 169 Å². The summed E-state index contributed by atoms with van der Waals surface area (Å²) in [5.41, 5.74) is 13.3. The Morgan fingerprint density at radius 3 is 0.648 bits per heavy atom. The topological polar surface area (TPSA) is 201 Å². The molecule has 4 aromatic carbocycles. The van der Waals surface area contributed by atoms with Crippen molar-refractivity contribution in [2.24, 2.45) is 0 Å². The van der Waals surface area contributed by atoms with Crippen molar-refractivity contribution in [3.8, 4) is 0 Å². The van der Waals surface area contributed by atoms with Crippen LogP contribution in [0.1, 0.15) is 249 Å². The van der Waals surface area contributed by atoms with Crippen molar-refractivity contribution in [3.63, 3.8) is 0 Å². The number of benzene rings is 4. The van der Waals surface area contributed by atoms with Gasteiger partial charge in [-0.2, -0.15) is 0 Å². The second-order valence-electron chi connectivity index (χ2n) is 22.3. The zero-order valence-corrected chi connectivity index (χ0v) is 56.4. The summed E-state index contributed by atoms with van der Waals surface area (Å²) >= 11 is 22.8. The van der Waals surface area contributed by atoms with Crippen molar-refractivity contribution in [3.05, 3.63) is 140 Å². The number of carbonyl (C=O) groups excluding carboxylic acids is 4. The quantitative estimate of drug-likeness (QED) is 0.0151. The predicted octanol–water partition coefficient (Wildman–Crippen LogP) is 15.3. The Hall–Kier alpha value is -6.48. The fraction of sp³-hybridized carbons (Fsp3) is 0.529. The zero-order valence-electron chi connectivity index (χ0n) is 53.1. The standard InChI is InChI=1S/C68H96N8O8S4/c1-9-17-21-25-57-49-29-45(41-69-61(85)73-65(77)81-13-5)31-51(37-49)58(26-22-18-10-2)53-33-47(43-71-63(87)75-67(79)83-15-7)35-55(39-53)60(28-24-20-12-4)56-36-48(44-72-64(88)76-68(80)84-16-8)34-54(40-56)59(27-23-19-11-3)52-32-46(30-50(57)38-52)42-70-62(86)74-66(78)82-14-6/h29-40,57-60H,9-28,41-44H2,1-8H3,(H2,69,73,77,85)(H2,70,74,78,86)(H2,71,75,79,87)(H2,72,76,80,88). The molecule has 5 rings (SSSR count). The Bertz CT molecular complexity index is 2480. The Morgan fingerprint density at radius 2 is 0.489 bits per heavy atom. The maximum Gasteiger partial charge on any atom is 0.413 e. The molecule has 0 unspecified atom stereocenters. The lowest BCUT2D eigenvalue weighted by Gasteiger charge is -2.29. The van der Waals surface area contributed by atoms with Gasteiger partial charge in [0.1, 0.15) is 0 Å². The number of hydrogen-bond acceptors (Lipinski definition) is 12. The number of carbonyl (C=O) groups is 4. The smallest absolute Gasteiger partial charge is 0.413 e. The lowest BCUT2D eigenvalue weighted by molar-refractivity contribution is 0.156. The summed E-state index contributed by atoms with van der Waals surface area (Å²) in [6.07, 6.45) is 13.2. The van der Waals surface area contributed by atoms with Crippen molar-refractivity contribution < 1.29 is 38.1 Å². The Kier molecular flexibility index (Phi) is 32.4. The SMILES string of the molecule is CCCCCC1c2cc(CNC(=S)NC(=O)OCC)cc(c2)C(CCCCC)c2cc(CNC(=S)NC(=O)OCC)cc(c2)C(CCCCC)c2cc(CNC(=S)NC(=O)OCC)cc(c2)C(CCCCC)c2cc(CNC(=S)NC(=O)OCC)cc1c2. The molecule has 0 radical (unpaired) electrons. The van der Waals surface area contributed by atoms with Gasteiger partial charge in [0, 0.05) is 49.9 Å². The van der Waals surface area contributed by atoms with Crippen molar-refractivity contribution in [2.45, 2.75) is 208 Å². The van der Waals surface area contributed by atoms with Crippen molar-refractivity contribution >= 4 is 93.7 Å². The molecule has 0 heterocycles. The van der Waals surface area contributed by atoms with E-state index >= 15 is 0 Å². The fourth-order valence-electron chi connectivity index (χ4n) is 11.4. The maximum absolute atomic E-state index is 12.6. The third-order valence-electron chi connectivity index (χ3n) is 15.5. The van der Waals surface area contributed by atoms with Crippen LogP contribution in [0.3, 0.4) is 0 Å². The van der Waals surface area contributed by atoms with Gasteiger partial charge in [-0.1, -0.05) is 178 Å². The molecule has 0 aliphatic heterocycles. The van der Waals surface area contributed by atoms with Crippen LogP contribution in [0.2, 0.25) is 0 Å². The van der Waals surface area contributed by atoms with Gasteiger partial charge in [0.2, 0.25) is 0 Å². The molecule has 0 atom stereocenters. The van der Waals surface area contributed by atoms with Crippen molar-refractivity contribution in [1.82, 2.24) is 42.5 Å². The van der Waals surface area contributed by atoms with Crippen LogP contribution in [0.15, 0.2) is 72.8 Å². The molecule has 8 N–H and O–H groups in total. The van der Waals surface area contributed by atoms with Gasteiger partial charge < -0.3 is 40.2 Å². The van der Waals surface area contributed by atoms with Crippen molar-refractivity contribution in [2.75, 3.05) is 26.4 Å². The lowest BCUT2D eigenvalue weighted by Crippen LogP contribution is -2.39. The molecule has 16 nitrogen and oxygen atoms in total. The highest BCUT2D eigenvalue weighted by molar-refractivity contribution is 7.80. The van der Waals surface area contributed by atoms with E-state index in [4.69, 9.17) is 67.8 Å². The van der Waals surface area contributed by atoms with Crippen LogP contribution >= 0.6 is 48.9 Å². The van der Waals surface area contributed by atoms with E-state index in [1.807, 2.05) is 0 Å². The number of alkyl carbamates (subject to hydrolysis) is 4. The molecule has 0 fully saturated rings. The first-order valence-electron chi connectivity index (χ1n) is 32.0. The third kappa shape index (κ3) is 24.5. The molecule has 1 aliphatic carbocycles. The summed E-state index contributed by atoms with van der Waals surface area (Å²) in [5.74, 6) is -0.279. The molecule has 0 saturated carbocycles. The van der Waals surface area contributed by atoms with Crippen LogP contribution in [-0.2, 0) is 45.1 Å². The van der Waals surface area contributed by atoms with Crippen LogP contribution in [0.5, 0.6) is 0 Å². The first kappa shape index (κ1) is 72.3. The predicted molar refractivity (Wildman–Crippen MR) is 368 cm³/mol. The van der Waals surface area contributed by atoms with E-state index in [-0.39, 0.29) is 70.5 Å². The van der Waals surface area contributed by atoms with Crippen LogP contribution in [0.4, 0.5) is 19.2 Å². The summed E-state index contributed by atoms with van der Waals surface area (Å²) in [6.45, 7) is 18.1. The highest BCUT2D eigenvalue weighted by atomic mass is 32.1. The van der Waals surface area contributed by atoms with E-state index in [1.54, 1.807) is 27.7 Å². The van der Waals surface area contributed by atoms with Crippen LogP contribution in [0.25, 0.3) is 0 Å². The second kappa shape index (κ2) is 39.5. The number of thiocarbonyl (C=S) groups is 4. The van der Waals surface area contributed by atoms with Crippen LogP contribution in [-0.4, -0.2) is 71.3 Å². The fourth-order valence-corrected chi connectivity index (χ4v) is 12.1. The van der Waals surface area contributed by atoms with E-state index in [0.29, 0.717) is 26.2 Å². The molecule has 88 heavy (non-hydrogen) atoms. The first-order valence-corrected chi connectivity index (χ1v) is 33.6. The molecule has 20 heteroatoms. The van der Waals surface area contributed by atoms with Gasteiger partial charge in [0.05, 0.1) is 26.4 Å². The monoisotopic (exact) mass is 1280 g/mol. The normalized spacial score (nSPS) is 14.9. The number of nitrogens with one attached hydrogen (secondary N) is 8. The molecule has 480 valence electrons. The van der Waals surface area contributed by atoms with Crippen LogP contribution < -0.4 is 42.5 Å². The first-order chi connectivity index (χ1) is 42.5. The number of amides is 4. The largest absolute Gasteiger partial charge is 0.450 e. The molecule has 0 saturated heterocycles. The summed E-state index contributed by atoms with van der Waals surface area (Å²) < 4.78 is 20.8. The van der Waals surface area contributed by atoms with Crippen molar-refractivity contribution in [1.29, 1.82) is 0 Å². The average molecular weight is 1280 g/mol. The van der Waals surface area contributed by atoms with Gasteiger partial charge in [0.25, 0.3) is 0 Å². The van der Waals surface area contributed by atoms with Gasteiger partial charge in [0.15, 0.2) is 20.4 Å². The van der Waals surface area contributed by atoms with E-state index in [1.165, 1.54) is 0 Å². The van der Waals surface area contributed by atoms with Gasteiger partial charge in [-0.3, -0.25) is 21.3 Å². The van der Waals surface area contributed by atoms with E-state index < -0.39 is 24.4 Å². The van der Waals surface area contributed by atoms with E-state index in [9.17, 15) is 19.2 Å². The van der Waals surface area contributed by atoms with Gasteiger partial charge >= 0.3 is 24.4 Å². The summed E-state index contributed by atoms with van der Waals surface area (Å²) in [7, 11) is 0. The van der Waals surface area contributed by atoms with Crippen LogP contribution in [0, 0.1) is 0 Å². The molecule has 0 aromatic heterocycles. The highest BCUT2D eigenvalue weighted by Gasteiger charge is 2.28. The Morgan fingerprint density at radius 1 is 0.307 bits per heavy atom. The Labute approximate surface area is 545 Å². The lowest BCUT2D eigenvalue weighted by atomic mass is 9.76. The zero-order chi connectivity index (χ0) is 63.8. The number of ether oxygens (including phenoxy) is 4. The molecular formula is C68H96N8O8S4. The van der Waals surface area contributed by atoms with E-state index in [2.05, 4.69) is 143 Å².